The molecule has 0 radical (unpaired) electrons. The van der Waals surface area contributed by atoms with Crippen molar-refractivity contribution in [2.75, 3.05) is 7.05 Å². The Morgan fingerprint density at radius 2 is 2.24 bits per heavy atom. The van der Waals surface area contributed by atoms with E-state index in [4.69, 9.17) is 5.73 Å². The van der Waals surface area contributed by atoms with E-state index in [1.165, 1.54) is 0 Å². The molecule has 1 aliphatic carbocycles. The molecule has 2 unspecified atom stereocenters. The lowest BCUT2D eigenvalue weighted by Gasteiger charge is -2.22. The first-order valence-corrected chi connectivity index (χ1v) is 7.47. The van der Waals surface area contributed by atoms with Gasteiger partial charge in [-0.1, -0.05) is 18.2 Å². The second-order valence-electron chi connectivity index (χ2n) is 5.98. The van der Waals surface area contributed by atoms with Crippen molar-refractivity contribution in [3.63, 3.8) is 0 Å². The van der Waals surface area contributed by atoms with Gasteiger partial charge in [-0.2, -0.15) is 0 Å². The van der Waals surface area contributed by atoms with Gasteiger partial charge in [-0.05, 0) is 36.3 Å². The Balaban J connectivity index is 1.77. The van der Waals surface area contributed by atoms with Crippen LogP contribution in [0.4, 0.5) is 0 Å². The molecule has 2 N–H and O–H groups in total. The van der Waals surface area contributed by atoms with Crippen LogP contribution in [0, 0.1) is 5.92 Å². The minimum atomic E-state index is 0.0987. The van der Waals surface area contributed by atoms with E-state index in [1.54, 1.807) is 6.20 Å². The lowest BCUT2D eigenvalue weighted by atomic mass is 10.0. The second kappa shape index (κ2) is 5.82. The molecule has 2 aromatic rings. The minimum absolute atomic E-state index is 0.0987. The highest BCUT2D eigenvalue weighted by Gasteiger charge is 2.29. The summed E-state index contributed by atoms with van der Waals surface area (Å²) >= 11 is 0. The number of hydrogen-bond acceptors (Lipinski definition) is 3. The first-order chi connectivity index (χ1) is 10.1. The summed E-state index contributed by atoms with van der Waals surface area (Å²) in [5.74, 6) is 0.315. The SMILES string of the molecule is CN(Cc1cccc2cnccc12)C(=O)C1CCC(N)C1. The highest BCUT2D eigenvalue weighted by molar-refractivity contribution is 5.85. The van der Waals surface area contributed by atoms with Crippen LogP contribution < -0.4 is 5.73 Å². The van der Waals surface area contributed by atoms with E-state index in [9.17, 15) is 4.79 Å². The van der Waals surface area contributed by atoms with Crippen molar-refractivity contribution in [2.45, 2.75) is 31.8 Å². The Bertz CT molecular complexity index is 650. The molecule has 0 spiro atoms. The lowest BCUT2D eigenvalue weighted by Crippen LogP contribution is -2.32. The number of nitrogens with zero attached hydrogens (tertiary/aromatic N) is 2. The average molecular weight is 283 g/mol. The number of rotatable bonds is 3. The molecule has 1 aromatic carbocycles. The summed E-state index contributed by atoms with van der Waals surface area (Å²) in [6, 6.07) is 8.34. The summed E-state index contributed by atoms with van der Waals surface area (Å²) in [6.07, 6.45) is 6.36. The zero-order chi connectivity index (χ0) is 14.8. The highest BCUT2D eigenvalue weighted by Crippen LogP contribution is 2.27. The fourth-order valence-electron chi connectivity index (χ4n) is 3.21. The molecule has 0 saturated heterocycles. The molecule has 1 saturated carbocycles. The molecule has 1 heterocycles. The summed E-state index contributed by atoms with van der Waals surface area (Å²) in [5, 5.41) is 2.27. The summed E-state index contributed by atoms with van der Waals surface area (Å²) in [6.45, 7) is 0.631. The van der Waals surface area contributed by atoms with Gasteiger partial charge < -0.3 is 10.6 Å². The number of hydrogen-bond donors (Lipinski definition) is 1. The van der Waals surface area contributed by atoms with Crippen LogP contribution in [0.25, 0.3) is 10.8 Å². The van der Waals surface area contributed by atoms with Gasteiger partial charge in [0.25, 0.3) is 0 Å². The van der Waals surface area contributed by atoms with E-state index >= 15 is 0 Å². The van der Waals surface area contributed by atoms with Crippen LogP contribution in [0.2, 0.25) is 0 Å². The quantitative estimate of drug-likeness (QED) is 0.940. The second-order valence-corrected chi connectivity index (χ2v) is 5.98. The molecule has 0 aliphatic heterocycles. The predicted octanol–water partition coefficient (Wildman–Crippen LogP) is 2.32. The molecule has 3 rings (SSSR count). The Labute approximate surface area is 125 Å². The van der Waals surface area contributed by atoms with Crippen molar-refractivity contribution in [1.29, 1.82) is 0 Å². The van der Waals surface area contributed by atoms with E-state index in [1.807, 2.05) is 36.3 Å². The Hall–Kier alpha value is -1.94. The van der Waals surface area contributed by atoms with Crippen LogP contribution >= 0.6 is 0 Å². The topological polar surface area (TPSA) is 59.2 Å². The number of carbonyl (C=O) groups excluding carboxylic acids is 1. The molecular weight excluding hydrogens is 262 g/mol. The largest absolute Gasteiger partial charge is 0.341 e. The van der Waals surface area contributed by atoms with E-state index in [-0.39, 0.29) is 17.9 Å². The van der Waals surface area contributed by atoms with E-state index in [0.717, 1.165) is 35.6 Å². The van der Waals surface area contributed by atoms with Gasteiger partial charge >= 0.3 is 0 Å². The monoisotopic (exact) mass is 283 g/mol. The molecule has 110 valence electrons. The minimum Gasteiger partial charge on any atom is -0.341 e. The van der Waals surface area contributed by atoms with Crippen molar-refractivity contribution in [3.8, 4) is 0 Å². The first-order valence-electron chi connectivity index (χ1n) is 7.47. The van der Waals surface area contributed by atoms with E-state index < -0.39 is 0 Å². The molecule has 1 amide bonds. The summed E-state index contributed by atoms with van der Waals surface area (Å²) in [7, 11) is 1.88. The Kier molecular flexibility index (Phi) is 3.88. The van der Waals surface area contributed by atoms with Crippen LogP contribution in [-0.4, -0.2) is 28.9 Å². The molecule has 1 aromatic heterocycles. The standard InChI is InChI=1S/C17H21N3O/c1-20(17(21)12-5-6-15(18)9-12)11-14-4-2-3-13-10-19-8-7-16(13)14/h2-4,7-8,10,12,15H,5-6,9,11,18H2,1H3. The molecular formula is C17H21N3O. The third kappa shape index (κ3) is 2.90. The number of benzene rings is 1. The summed E-state index contributed by atoms with van der Waals surface area (Å²) in [5.41, 5.74) is 7.07. The fourth-order valence-corrected chi connectivity index (χ4v) is 3.21. The van der Waals surface area contributed by atoms with Gasteiger partial charge in [0, 0.05) is 43.3 Å². The van der Waals surface area contributed by atoms with Crippen LogP contribution in [-0.2, 0) is 11.3 Å². The van der Waals surface area contributed by atoms with E-state index in [0.29, 0.717) is 6.54 Å². The maximum atomic E-state index is 12.5. The third-order valence-corrected chi connectivity index (χ3v) is 4.38. The molecule has 4 heteroatoms. The van der Waals surface area contributed by atoms with Crippen LogP contribution in [0.5, 0.6) is 0 Å². The summed E-state index contributed by atoms with van der Waals surface area (Å²) < 4.78 is 0. The molecule has 2 atom stereocenters. The van der Waals surface area contributed by atoms with Crippen molar-refractivity contribution >= 4 is 16.7 Å². The van der Waals surface area contributed by atoms with Crippen molar-refractivity contribution in [3.05, 3.63) is 42.2 Å². The third-order valence-electron chi connectivity index (χ3n) is 4.38. The van der Waals surface area contributed by atoms with Crippen molar-refractivity contribution in [1.82, 2.24) is 9.88 Å². The number of carbonyl (C=O) groups is 1. The van der Waals surface area contributed by atoms with Gasteiger partial charge in [0.05, 0.1) is 0 Å². The first kappa shape index (κ1) is 14.0. The number of amides is 1. The molecule has 21 heavy (non-hydrogen) atoms. The maximum Gasteiger partial charge on any atom is 0.225 e. The molecule has 1 aliphatic rings. The van der Waals surface area contributed by atoms with Crippen LogP contribution in [0.1, 0.15) is 24.8 Å². The number of fused-ring (bicyclic) bond motifs is 1. The van der Waals surface area contributed by atoms with Gasteiger partial charge in [0.15, 0.2) is 0 Å². The van der Waals surface area contributed by atoms with E-state index in [2.05, 4.69) is 11.1 Å². The molecule has 0 bridgehead atoms. The zero-order valence-corrected chi connectivity index (χ0v) is 12.3. The smallest absolute Gasteiger partial charge is 0.225 e. The number of nitrogens with two attached hydrogens (primary N) is 1. The Morgan fingerprint density at radius 3 is 3.00 bits per heavy atom. The maximum absolute atomic E-state index is 12.5. The van der Waals surface area contributed by atoms with Gasteiger partial charge in [-0.3, -0.25) is 9.78 Å². The van der Waals surface area contributed by atoms with Gasteiger partial charge in [-0.15, -0.1) is 0 Å². The number of pyridine rings is 1. The van der Waals surface area contributed by atoms with Crippen molar-refractivity contribution in [2.24, 2.45) is 11.7 Å². The van der Waals surface area contributed by atoms with Crippen LogP contribution in [0.3, 0.4) is 0 Å². The van der Waals surface area contributed by atoms with Crippen LogP contribution in [0.15, 0.2) is 36.7 Å². The zero-order valence-electron chi connectivity index (χ0n) is 12.3. The van der Waals surface area contributed by atoms with Crippen molar-refractivity contribution < 1.29 is 4.79 Å². The van der Waals surface area contributed by atoms with Gasteiger partial charge in [-0.25, -0.2) is 0 Å². The number of aromatic nitrogens is 1. The lowest BCUT2D eigenvalue weighted by molar-refractivity contribution is -0.134. The summed E-state index contributed by atoms with van der Waals surface area (Å²) in [4.78, 5) is 18.5. The highest BCUT2D eigenvalue weighted by atomic mass is 16.2. The molecule has 4 nitrogen and oxygen atoms in total. The fraction of sp³-hybridized carbons (Fsp3) is 0.412. The normalized spacial score (nSPS) is 21.6. The molecule has 1 fully saturated rings. The average Bonchev–Trinajstić information content (AvgIpc) is 2.93. The van der Waals surface area contributed by atoms with Gasteiger partial charge in [0.2, 0.25) is 5.91 Å². The Morgan fingerprint density at radius 1 is 1.38 bits per heavy atom. The predicted molar refractivity (Wildman–Crippen MR) is 83.5 cm³/mol. The van der Waals surface area contributed by atoms with Gasteiger partial charge in [0.1, 0.15) is 0 Å².